The van der Waals surface area contributed by atoms with E-state index >= 15 is 0 Å². The maximum absolute atomic E-state index is 14.0. The van der Waals surface area contributed by atoms with E-state index in [9.17, 15) is 22.8 Å². The molecule has 0 radical (unpaired) electrons. The molecule has 0 bridgehead atoms. The van der Waals surface area contributed by atoms with E-state index in [2.05, 4.69) is 15.1 Å². The van der Waals surface area contributed by atoms with Crippen LogP contribution in [0.25, 0.3) is 16.1 Å². The van der Waals surface area contributed by atoms with E-state index in [-0.39, 0.29) is 18.8 Å². The molecule has 2 heterocycles. The van der Waals surface area contributed by atoms with Crippen molar-refractivity contribution in [1.82, 2.24) is 9.47 Å². The van der Waals surface area contributed by atoms with Crippen molar-refractivity contribution in [3.63, 3.8) is 0 Å². The van der Waals surface area contributed by atoms with Gasteiger partial charge in [0.05, 0.1) is 38.5 Å². The molecule has 1 fully saturated rings. The van der Waals surface area contributed by atoms with Crippen LogP contribution in [0.1, 0.15) is 28.7 Å². The van der Waals surface area contributed by atoms with Crippen LogP contribution in [0.2, 0.25) is 0 Å². The van der Waals surface area contributed by atoms with Gasteiger partial charge in [0.25, 0.3) is 11.2 Å². The van der Waals surface area contributed by atoms with Gasteiger partial charge < -0.3 is 18.8 Å². The molecule has 1 aromatic heterocycles. The summed E-state index contributed by atoms with van der Waals surface area (Å²) in [6.45, 7) is 15.4. The van der Waals surface area contributed by atoms with Gasteiger partial charge in [-0.25, -0.2) is 9.64 Å². The Balaban J connectivity index is 1.31. The number of amides is 1. The maximum Gasteiger partial charge on any atom is 0.411 e. The molecule has 1 amide bonds. The minimum atomic E-state index is -4.90. The van der Waals surface area contributed by atoms with Crippen molar-refractivity contribution in [2.75, 3.05) is 44.8 Å². The van der Waals surface area contributed by atoms with E-state index in [1.165, 1.54) is 4.57 Å². The molecule has 9 nitrogen and oxygen atoms in total. The number of rotatable bonds is 10. The highest BCUT2D eigenvalue weighted by atomic mass is 19.4. The van der Waals surface area contributed by atoms with Crippen molar-refractivity contribution >= 4 is 17.5 Å². The lowest BCUT2D eigenvalue weighted by Crippen LogP contribution is -2.37. The fourth-order valence-electron chi connectivity index (χ4n) is 5.45. The molecule has 250 valence electrons. The number of nitrogens with one attached hydrogen (secondary N) is 1. The second-order valence-electron chi connectivity index (χ2n) is 11.4. The molecule has 1 N–H and O–H groups in total. The van der Waals surface area contributed by atoms with Crippen LogP contribution >= 0.6 is 0 Å². The van der Waals surface area contributed by atoms with Crippen molar-refractivity contribution in [3.8, 4) is 22.8 Å². The summed E-state index contributed by atoms with van der Waals surface area (Å²) in [6, 6.07) is 19.4. The zero-order valence-corrected chi connectivity index (χ0v) is 26.6. The molecule has 5 rings (SSSR count). The lowest BCUT2D eigenvalue weighted by Gasteiger charge is -2.26. The Kier molecular flexibility index (Phi) is 10.8. The quantitative estimate of drug-likeness (QED) is 0.138. The van der Waals surface area contributed by atoms with Crippen LogP contribution in [-0.2, 0) is 22.2 Å². The van der Waals surface area contributed by atoms with Crippen molar-refractivity contribution in [1.29, 1.82) is 0 Å². The van der Waals surface area contributed by atoms with E-state index in [1.54, 1.807) is 48.5 Å². The molecule has 1 aliphatic rings. The number of carbonyl (C=O) groups is 1. The smallest absolute Gasteiger partial charge is 0.411 e. The Bertz CT molecular complexity index is 1860. The highest BCUT2D eigenvalue weighted by Crippen LogP contribution is 2.38. The third-order valence-corrected chi connectivity index (χ3v) is 7.94. The van der Waals surface area contributed by atoms with Gasteiger partial charge in [-0.2, -0.15) is 13.2 Å². The van der Waals surface area contributed by atoms with Crippen molar-refractivity contribution in [2.45, 2.75) is 33.0 Å². The Morgan fingerprint density at radius 2 is 1.75 bits per heavy atom. The Morgan fingerprint density at radius 1 is 1.00 bits per heavy atom. The molecule has 48 heavy (non-hydrogen) atoms. The van der Waals surface area contributed by atoms with Gasteiger partial charge >= 0.3 is 12.3 Å². The third-order valence-electron chi connectivity index (χ3n) is 7.94. The van der Waals surface area contributed by atoms with E-state index in [1.807, 2.05) is 32.0 Å². The van der Waals surface area contributed by atoms with Gasteiger partial charge in [-0.15, -0.1) is 0 Å². The fraction of sp³-hybridized carbons (Fsp3) is 0.306. The van der Waals surface area contributed by atoms with Gasteiger partial charge in [0.15, 0.2) is 0 Å². The zero-order valence-electron chi connectivity index (χ0n) is 26.6. The number of morpholine rings is 1. The van der Waals surface area contributed by atoms with Crippen LogP contribution in [0.5, 0.6) is 11.5 Å². The van der Waals surface area contributed by atoms with Crippen LogP contribution in [-0.4, -0.2) is 55.0 Å². The molecule has 1 aliphatic heterocycles. The summed E-state index contributed by atoms with van der Waals surface area (Å²) < 4.78 is 59.8. The number of nitrogens with zero attached hydrogens (tertiary/aromatic N) is 3. The summed E-state index contributed by atoms with van der Waals surface area (Å²) >= 11 is 0. The summed E-state index contributed by atoms with van der Waals surface area (Å²) in [5.74, 6) is 0.777. The molecule has 0 spiro atoms. The first-order valence-corrected chi connectivity index (χ1v) is 15.4. The standard InChI is InChI=1S/C36H35F3N4O5/c1-24-8-9-27(25(2)20-24)23-43-32(22-31(36(37,38)39)33(40-3)34(43)44)26-10-12-29(13-11-26)48-30-7-4-6-28(21-30)41-35(45)47-17-5-14-42-15-18-46-19-16-42/h4,6-13,20-22H,5,14-19,23H2,1-2H3,(H,41,45). The number of halogens is 3. The van der Waals surface area contributed by atoms with Crippen LogP contribution in [0.4, 0.5) is 29.3 Å². The zero-order chi connectivity index (χ0) is 34.3. The van der Waals surface area contributed by atoms with Crippen LogP contribution in [0.15, 0.2) is 77.6 Å². The van der Waals surface area contributed by atoms with Crippen LogP contribution < -0.4 is 15.6 Å². The van der Waals surface area contributed by atoms with E-state index in [0.29, 0.717) is 42.4 Å². The topological polar surface area (TPSA) is 86.4 Å². The van der Waals surface area contributed by atoms with Gasteiger partial charge in [0.1, 0.15) is 11.5 Å². The van der Waals surface area contributed by atoms with Gasteiger partial charge in [0.2, 0.25) is 0 Å². The number of hydrogen-bond acceptors (Lipinski definition) is 6. The molecule has 0 unspecified atom stereocenters. The first-order valence-electron chi connectivity index (χ1n) is 15.4. The SMILES string of the molecule is [C-]#[N+]c1c(C(F)(F)F)cc(-c2ccc(Oc3cccc(NC(=O)OCCCN4CCOCC4)c3)cc2)n(Cc2ccc(C)cc2C)c1=O. The number of benzene rings is 3. The molecular formula is C36H35F3N4O5. The Morgan fingerprint density at radius 3 is 2.44 bits per heavy atom. The normalized spacial score (nSPS) is 13.5. The molecule has 0 aliphatic carbocycles. The highest BCUT2D eigenvalue weighted by Gasteiger charge is 2.36. The third kappa shape index (κ3) is 8.61. The number of pyridine rings is 1. The second-order valence-corrected chi connectivity index (χ2v) is 11.4. The van der Waals surface area contributed by atoms with Gasteiger partial charge in [0, 0.05) is 37.1 Å². The molecule has 4 aromatic rings. The summed E-state index contributed by atoms with van der Waals surface area (Å²) in [5.41, 5.74) is 0.145. The Labute approximate surface area is 276 Å². The van der Waals surface area contributed by atoms with E-state index in [0.717, 1.165) is 42.4 Å². The second kappa shape index (κ2) is 15.2. The Hall–Kier alpha value is -5.12. The van der Waals surface area contributed by atoms with Crippen LogP contribution in [0.3, 0.4) is 0 Å². The number of hydrogen-bond donors (Lipinski definition) is 1. The van der Waals surface area contributed by atoms with Crippen molar-refractivity contribution in [3.05, 3.63) is 117 Å². The largest absolute Gasteiger partial charge is 0.457 e. The average Bonchev–Trinajstić information content (AvgIpc) is 3.05. The molecule has 12 heteroatoms. The van der Waals surface area contributed by atoms with Crippen molar-refractivity contribution in [2.24, 2.45) is 0 Å². The lowest BCUT2D eigenvalue weighted by atomic mass is 10.0. The van der Waals surface area contributed by atoms with Gasteiger partial charge in [-0.3, -0.25) is 15.0 Å². The molecule has 3 aromatic carbocycles. The van der Waals surface area contributed by atoms with Crippen molar-refractivity contribution < 1.29 is 32.2 Å². The highest BCUT2D eigenvalue weighted by molar-refractivity contribution is 5.84. The number of alkyl halides is 3. The maximum atomic E-state index is 14.0. The molecule has 1 saturated heterocycles. The number of ether oxygens (including phenoxy) is 3. The molecule has 0 saturated carbocycles. The van der Waals surface area contributed by atoms with Crippen LogP contribution in [0, 0.1) is 20.4 Å². The monoisotopic (exact) mass is 660 g/mol. The van der Waals surface area contributed by atoms with E-state index < -0.39 is 29.1 Å². The minimum absolute atomic E-state index is 0.0147. The number of aryl methyl sites for hydroxylation is 2. The first kappa shape index (κ1) is 34.2. The summed E-state index contributed by atoms with van der Waals surface area (Å²) in [6.07, 6.45) is -4.78. The predicted molar refractivity (Wildman–Crippen MR) is 176 cm³/mol. The lowest BCUT2D eigenvalue weighted by molar-refractivity contribution is -0.136. The number of carbonyl (C=O) groups excluding carboxylic acids is 1. The summed E-state index contributed by atoms with van der Waals surface area (Å²) in [4.78, 5) is 30.9. The molecule has 0 atom stereocenters. The minimum Gasteiger partial charge on any atom is -0.457 e. The fourth-order valence-corrected chi connectivity index (χ4v) is 5.45. The van der Waals surface area contributed by atoms with Gasteiger partial charge in [-0.1, -0.05) is 29.8 Å². The molecular weight excluding hydrogens is 625 g/mol. The summed E-state index contributed by atoms with van der Waals surface area (Å²) in [7, 11) is 0. The number of anilines is 1. The predicted octanol–water partition coefficient (Wildman–Crippen LogP) is 7.81. The van der Waals surface area contributed by atoms with Gasteiger partial charge in [-0.05, 0) is 79.4 Å². The first-order chi connectivity index (χ1) is 23.0. The van der Waals surface area contributed by atoms with E-state index in [4.69, 9.17) is 20.8 Å². The average molecular weight is 661 g/mol. The summed E-state index contributed by atoms with van der Waals surface area (Å²) in [5, 5.41) is 2.68. The number of aromatic nitrogens is 1.